The summed E-state index contributed by atoms with van der Waals surface area (Å²) in [4.78, 5) is 25.1. The zero-order chi connectivity index (χ0) is 22.9. The molecule has 8 nitrogen and oxygen atoms in total. The fourth-order valence-corrected chi connectivity index (χ4v) is 3.58. The second-order valence-corrected chi connectivity index (χ2v) is 8.15. The Balaban J connectivity index is 1.62. The molecule has 0 saturated heterocycles. The van der Waals surface area contributed by atoms with Crippen LogP contribution in [0.5, 0.6) is 5.75 Å². The Kier molecular flexibility index (Phi) is 8.27. The number of ether oxygens (including phenoxy) is 1. The molecule has 0 bridgehead atoms. The van der Waals surface area contributed by atoms with E-state index < -0.39 is 6.04 Å². The van der Waals surface area contributed by atoms with Crippen molar-refractivity contribution in [2.75, 3.05) is 19.1 Å². The number of rotatable bonds is 10. The van der Waals surface area contributed by atoms with E-state index in [-0.39, 0.29) is 17.9 Å². The lowest BCUT2D eigenvalue weighted by Gasteiger charge is -2.20. The first-order chi connectivity index (χ1) is 15.5. The first-order valence-corrected chi connectivity index (χ1v) is 11.6. The highest BCUT2D eigenvalue weighted by atomic mass is 32.2. The molecule has 9 heteroatoms. The largest absolute Gasteiger partial charge is 0.497 e. The van der Waals surface area contributed by atoms with E-state index in [1.165, 1.54) is 6.08 Å². The molecule has 3 rings (SSSR count). The fourth-order valence-electron chi connectivity index (χ4n) is 3.11. The van der Waals surface area contributed by atoms with Crippen molar-refractivity contribution in [2.24, 2.45) is 0 Å². The number of carbonyl (C=O) groups excluding carboxylic acids is 2. The molecule has 2 amide bonds. The van der Waals surface area contributed by atoms with Crippen LogP contribution < -0.4 is 15.4 Å². The maximum Gasteiger partial charge on any atom is 0.244 e. The number of methoxy groups -OCH3 is 1. The lowest BCUT2D eigenvalue weighted by atomic mass is 10.2. The first kappa shape index (κ1) is 23.3. The number of aromatic nitrogens is 3. The molecule has 0 radical (unpaired) electrons. The van der Waals surface area contributed by atoms with Crippen molar-refractivity contribution in [1.29, 1.82) is 0 Å². The maximum atomic E-state index is 12.8. The van der Waals surface area contributed by atoms with Gasteiger partial charge in [-0.1, -0.05) is 18.2 Å². The second kappa shape index (κ2) is 11.3. The summed E-state index contributed by atoms with van der Waals surface area (Å²) in [7, 11) is 1.60. The number of nitrogens with one attached hydrogen (secondary N) is 2. The monoisotopic (exact) mass is 453 g/mol. The van der Waals surface area contributed by atoms with Gasteiger partial charge in [-0.25, -0.2) is 0 Å². The molecule has 168 valence electrons. The minimum absolute atomic E-state index is 0.282. The summed E-state index contributed by atoms with van der Waals surface area (Å²) in [5.41, 5.74) is 1.57. The summed E-state index contributed by atoms with van der Waals surface area (Å²) < 4.78 is 6.99. The summed E-state index contributed by atoms with van der Waals surface area (Å²) in [6, 6.07) is 11.9. The van der Waals surface area contributed by atoms with E-state index in [4.69, 9.17) is 4.74 Å². The molecule has 0 spiro atoms. The third-order valence-electron chi connectivity index (χ3n) is 4.87. The zero-order valence-electron chi connectivity index (χ0n) is 18.3. The zero-order valence-corrected chi connectivity index (χ0v) is 19.1. The van der Waals surface area contributed by atoms with Gasteiger partial charge in [-0.3, -0.25) is 14.0 Å². The van der Waals surface area contributed by atoms with E-state index in [0.29, 0.717) is 12.2 Å². The number of hydrogen-bond donors (Lipinski definition) is 2. The average molecular weight is 454 g/mol. The molecule has 0 aliphatic rings. The molecule has 0 saturated carbocycles. The number of thioether (sulfide) groups is 1. The fraction of sp³-hybridized carbons (Fsp3) is 0.304. The SMILES string of the molecule is COc1ccc(/C=C/C(=O)NC(C)C(=O)NC(CCSC)c2nnc3ccccn23)cc1. The van der Waals surface area contributed by atoms with Gasteiger partial charge < -0.3 is 15.4 Å². The molecule has 2 aromatic heterocycles. The van der Waals surface area contributed by atoms with Crippen molar-refractivity contribution in [1.82, 2.24) is 25.2 Å². The lowest BCUT2D eigenvalue weighted by molar-refractivity contribution is -0.127. The predicted octanol–water partition coefficient (Wildman–Crippen LogP) is 2.87. The number of amides is 2. The van der Waals surface area contributed by atoms with Crippen LogP contribution in [0.3, 0.4) is 0 Å². The van der Waals surface area contributed by atoms with Gasteiger partial charge in [-0.2, -0.15) is 11.8 Å². The van der Waals surface area contributed by atoms with Crippen LogP contribution in [-0.2, 0) is 9.59 Å². The van der Waals surface area contributed by atoms with Crippen LogP contribution in [0.1, 0.15) is 30.8 Å². The summed E-state index contributed by atoms with van der Waals surface area (Å²) in [6.07, 6.45) is 7.67. The Morgan fingerprint density at radius 1 is 1.16 bits per heavy atom. The number of carbonyl (C=O) groups is 2. The van der Waals surface area contributed by atoms with Gasteiger partial charge in [-0.05, 0) is 61.3 Å². The quantitative estimate of drug-likeness (QED) is 0.458. The highest BCUT2D eigenvalue weighted by Gasteiger charge is 2.23. The van der Waals surface area contributed by atoms with Gasteiger partial charge in [0, 0.05) is 12.3 Å². The van der Waals surface area contributed by atoms with Crippen molar-refractivity contribution in [3.8, 4) is 5.75 Å². The Labute approximate surface area is 191 Å². The van der Waals surface area contributed by atoms with Crippen LogP contribution in [0.4, 0.5) is 0 Å². The average Bonchev–Trinajstić information content (AvgIpc) is 3.24. The van der Waals surface area contributed by atoms with E-state index in [0.717, 1.165) is 22.7 Å². The molecule has 2 unspecified atom stereocenters. The highest BCUT2D eigenvalue weighted by Crippen LogP contribution is 2.18. The molecule has 3 aromatic rings. The van der Waals surface area contributed by atoms with Crippen LogP contribution in [0, 0.1) is 0 Å². The molecule has 0 aliphatic heterocycles. The Bertz CT molecular complexity index is 1080. The van der Waals surface area contributed by atoms with Crippen molar-refractivity contribution < 1.29 is 14.3 Å². The van der Waals surface area contributed by atoms with Gasteiger partial charge in [0.25, 0.3) is 0 Å². The number of hydrogen-bond acceptors (Lipinski definition) is 6. The Morgan fingerprint density at radius 2 is 1.94 bits per heavy atom. The lowest BCUT2D eigenvalue weighted by Crippen LogP contribution is -2.45. The van der Waals surface area contributed by atoms with E-state index in [1.807, 2.05) is 59.3 Å². The molecule has 32 heavy (non-hydrogen) atoms. The van der Waals surface area contributed by atoms with Crippen molar-refractivity contribution >= 4 is 35.3 Å². The minimum atomic E-state index is -0.709. The van der Waals surface area contributed by atoms with Crippen LogP contribution in [-0.4, -0.2) is 51.6 Å². The molecule has 1 aromatic carbocycles. The molecular weight excluding hydrogens is 426 g/mol. The van der Waals surface area contributed by atoms with Crippen LogP contribution in [0.15, 0.2) is 54.7 Å². The van der Waals surface area contributed by atoms with E-state index in [2.05, 4.69) is 20.8 Å². The van der Waals surface area contributed by atoms with Crippen molar-refractivity contribution in [3.05, 3.63) is 66.1 Å². The molecule has 0 aliphatic carbocycles. The standard InChI is InChI=1S/C23H27N5O3S/c1-16(24-21(29)12-9-17-7-10-18(31-2)11-8-17)23(30)25-19(13-15-32-3)22-27-26-20-6-4-5-14-28(20)22/h4-12,14,16,19H,13,15H2,1-3H3,(H,24,29)(H,25,30)/b12-9+. The van der Waals surface area contributed by atoms with Crippen molar-refractivity contribution in [2.45, 2.75) is 25.4 Å². The van der Waals surface area contributed by atoms with Gasteiger partial charge >= 0.3 is 0 Å². The van der Waals surface area contributed by atoms with Gasteiger partial charge in [0.2, 0.25) is 11.8 Å². The maximum absolute atomic E-state index is 12.8. The first-order valence-electron chi connectivity index (χ1n) is 10.2. The third-order valence-corrected chi connectivity index (χ3v) is 5.52. The smallest absolute Gasteiger partial charge is 0.244 e. The molecule has 2 atom stereocenters. The van der Waals surface area contributed by atoms with Gasteiger partial charge in [0.15, 0.2) is 11.5 Å². The highest BCUT2D eigenvalue weighted by molar-refractivity contribution is 7.98. The number of fused-ring (bicyclic) bond motifs is 1. The minimum Gasteiger partial charge on any atom is -0.497 e. The van der Waals surface area contributed by atoms with E-state index in [9.17, 15) is 9.59 Å². The summed E-state index contributed by atoms with van der Waals surface area (Å²) in [5.74, 6) is 1.62. The summed E-state index contributed by atoms with van der Waals surface area (Å²) in [6.45, 7) is 1.65. The van der Waals surface area contributed by atoms with Gasteiger partial charge in [0.05, 0.1) is 13.2 Å². The predicted molar refractivity (Wildman–Crippen MR) is 127 cm³/mol. The number of nitrogens with zero attached hydrogens (tertiary/aromatic N) is 3. The normalized spacial score (nSPS) is 13.1. The molecule has 2 N–H and O–H groups in total. The molecular formula is C23H27N5O3S. The van der Waals surface area contributed by atoms with Crippen LogP contribution in [0.2, 0.25) is 0 Å². The van der Waals surface area contributed by atoms with Gasteiger partial charge in [0.1, 0.15) is 11.8 Å². The topological polar surface area (TPSA) is 97.6 Å². The Hall–Kier alpha value is -3.33. The number of benzene rings is 1. The summed E-state index contributed by atoms with van der Waals surface area (Å²) in [5, 5.41) is 14.2. The van der Waals surface area contributed by atoms with Crippen LogP contribution in [0.25, 0.3) is 11.7 Å². The summed E-state index contributed by atoms with van der Waals surface area (Å²) >= 11 is 1.69. The molecule has 0 fully saturated rings. The number of pyridine rings is 1. The van der Waals surface area contributed by atoms with E-state index in [1.54, 1.807) is 31.9 Å². The van der Waals surface area contributed by atoms with Gasteiger partial charge in [-0.15, -0.1) is 10.2 Å². The Morgan fingerprint density at radius 3 is 2.66 bits per heavy atom. The van der Waals surface area contributed by atoms with Crippen molar-refractivity contribution in [3.63, 3.8) is 0 Å². The molecule has 2 heterocycles. The van der Waals surface area contributed by atoms with E-state index >= 15 is 0 Å². The second-order valence-electron chi connectivity index (χ2n) is 7.17. The van der Waals surface area contributed by atoms with Crippen LogP contribution >= 0.6 is 11.8 Å². The third kappa shape index (κ3) is 6.10.